The van der Waals surface area contributed by atoms with Gasteiger partial charge < -0.3 is 0 Å². The predicted octanol–water partition coefficient (Wildman–Crippen LogP) is 12.7. The molecule has 6 heteroatoms. The third kappa shape index (κ3) is 6.20. The number of hydrogen-bond donors (Lipinski definition) is 0. The van der Waals surface area contributed by atoms with Gasteiger partial charge in [0.1, 0.15) is 0 Å². The van der Waals surface area contributed by atoms with Crippen molar-refractivity contribution >= 4 is 0 Å². The van der Waals surface area contributed by atoms with Crippen LogP contribution in [0.3, 0.4) is 0 Å². The van der Waals surface area contributed by atoms with Crippen LogP contribution in [0, 0.1) is 0 Å². The maximum atomic E-state index is 5.23. The highest BCUT2D eigenvalue weighted by Gasteiger charge is 2.41. The van der Waals surface area contributed by atoms with Crippen molar-refractivity contribution < 1.29 is 0 Å². The van der Waals surface area contributed by atoms with Gasteiger partial charge in [-0.25, -0.2) is 24.9 Å². The van der Waals surface area contributed by atoms with Gasteiger partial charge in [0.15, 0.2) is 23.3 Å². The fraction of sp³-hybridized carbons (Fsp3) is 0.0357. The molecule has 2 bridgehead atoms. The van der Waals surface area contributed by atoms with E-state index in [0.717, 1.165) is 55.9 Å². The minimum atomic E-state index is 0.0541. The van der Waals surface area contributed by atoms with Gasteiger partial charge in [0.05, 0.1) is 11.4 Å². The van der Waals surface area contributed by atoms with Crippen LogP contribution in [0.1, 0.15) is 45.2 Å². The van der Waals surface area contributed by atoms with E-state index >= 15 is 0 Å². The predicted molar refractivity (Wildman–Crippen MR) is 246 cm³/mol. The number of aromatic nitrogens is 6. The monoisotopic (exact) mass is 792 g/mol. The summed E-state index contributed by atoms with van der Waals surface area (Å²) in [6, 6.07) is 67.9. The zero-order valence-electron chi connectivity index (χ0n) is 33.5. The zero-order valence-corrected chi connectivity index (χ0v) is 33.5. The topological polar surface area (TPSA) is 77.3 Å². The highest BCUT2D eigenvalue weighted by molar-refractivity contribution is 5.78. The Balaban J connectivity index is 0.967. The number of hydrogen-bond acceptors (Lipinski definition) is 6. The Morgan fingerprint density at radius 2 is 0.661 bits per heavy atom. The van der Waals surface area contributed by atoms with Crippen molar-refractivity contribution in [3.63, 3.8) is 0 Å². The smallest absolute Gasteiger partial charge is 0.164 e. The first-order valence-corrected chi connectivity index (χ1v) is 20.9. The van der Waals surface area contributed by atoms with Gasteiger partial charge in [-0.15, -0.1) is 0 Å². The molecule has 7 aromatic carbocycles. The van der Waals surface area contributed by atoms with E-state index in [1.54, 1.807) is 6.20 Å². The van der Waals surface area contributed by atoms with E-state index in [-0.39, 0.29) is 11.8 Å². The van der Waals surface area contributed by atoms with E-state index in [1.165, 1.54) is 33.4 Å². The van der Waals surface area contributed by atoms with Crippen LogP contribution in [-0.4, -0.2) is 29.9 Å². The van der Waals surface area contributed by atoms with Gasteiger partial charge in [-0.2, -0.15) is 0 Å². The van der Waals surface area contributed by atoms with Crippen LogP contribution in [0.15, 0.2) is 207 Å². The highest BCUT2D eigenvalue weighted by atomic mass is 15.0. The first-order valence-electron chi connectivity index (χ1n) is 20.9. The van der Waals surface area contributed by atoms with Crippen molar-refractivity contribution in [2.45, 2.75) is 11.8 Å². The van der Waals surface area contributed by atoms with Crippen LogP contribution in [-0.2, 0) is 0 Å². The molecule has 3 heterocycles. The molecule has 62 heavy (non-hydrogen) atoms. The molecule has 3 aromatic heterocycles. The van der Waals surface area contributed by atoms with Gasteiger partial charge in [0.25, 0.3) is 0 Å². The second kappa shape index (κ2) is 14.8. The maximum absolute atomic E-state index is 5.23. The molecule has 0 N–H and O–H groups in total. The average Bonchev–Trinajstić information content (AvgIpc) is 3.36. The van der Waals surface area contributed by atoms with Crippen molar-refractivity contribution in [1.82, 2.24) is 29.9 Å². The molecule has 290 valence electrons. The van der Waals surface area contributed by atoms with Crippen LogP contribution in [0.5, 0.6) is 0 Å². The summed E-state index contributed by atoms with van der Waals surface area (Å²) in [6.07, 6.45) is 3.69. The number of nitrogens with zero attached hydrogens (tertiary/aromatic N) is 6. The first kappa shape index (κ1) is 35.7. The summed E-state index contributed by atoms with van der Waals surface area (Å²) in [4.78, 5) is 29.8. The second-order valence-corrected chi connectivity index (χ2v) is 15.9. The van der Waals surface area contributed by atoms with E-state index in [0.29, 0.717) is 23.3 Å². The lowest BCUT2D eigenvalue weighted by Gasteiger charge is -2.42. The minimum Gasteiger partial charge on any atom is -0.264 e. The van der Waals surface area contributed by atoms with Crippen molar-refractivity contribution in [2.24, 2.45) is 0 Å². The molecular formula is C56H36N6. The van der Waals surface area contributed by atoms with Crippen molar-refractivity contribution in [3.8, 4) is 79.2 Å². The highest BCUT2D eigenvalue weighted by Crippen LogP contribution is 2.56. The van der Waals surface area contributed by atoms with E-state index in [1.807, 2.05) is 91.1 Å². The summed E-state index contributed by atoms with van der Waals surface area (Å²) in [5.74, 6) is 2.78. The molecule has 0 radical (unpaired) electrons. The quantitative estimate of drug-likeness (QED) is 0.160. The van der Waals surface area contributed by atoms with Crippen LogP contribution >= 0.6 is 0 Å². The summed E-state index contributed by atoms with van der Waals surface area (Å²) in [7, 11) is 0. The van der Waals surface area contributed by atoms with Gasteiger partial charge in [-0.05, 0) is 68.8 Å². The van der Waals surface area contributed by atoms with E-state index in [2.05, 4.69) is 114 Å². The Hall–Kier alpha value is -8.22. The maximum Gasteiger partial charge on any atom is 0.164 e. The van der Waals surface area contributed by atoms with Crippen molar-refractivity contribution in [1.29, 1.82) is 0 Å². The minimum absolute atomic E-state index is 0.0541. The summed E-state index contributed by atoms with van der Waals surface area (Å²) < 4.78 is 0. The van der Waals surface area contributed by atoms with Gasteiger partial charge in [-0.3, -0.25) is 4.98 Å². The van der Waals surface area contributed by atoms with Crippen LogP contribution < -0.4 is 0 Å². The van der Waals surface area contributed by atoms with Gasteiger partial charge >= 0.3 is 0 Å². The third-order valence-electron chi connectivity index (χ3n) is 12.2. The molecule has 3 aliphatic rings. The van der Waals surface area contributed by atoms with E-state index < -0.39 is 0 Å². The average molecular weight is 793 g/mol. The van der Waals surface area contributed by atoms with Gasteiger partial charge in [0.2, 0.25) is 0 Å². The largest absolute Gasteiger partial charge is 0.264 e. The lowest BCUT2D eigenvalue weighted by molar-refractivity contribution is 0.754. The molecule has 2 unspecified atom stereocenters. The Kier molecular flexibility index (Phi) is 8.52. The summed E-state index contributed by atoms with van der Waals surface area (Å²) >= 11 is 0. The fourth-order valence-electron chi connectivity index (χ4n) is 9.28. The van der Waals surface area contributed by atoms with Crippen molar-refractivity contribution in [3.05, 3.63) is 240 Å². The van der Waals surface area contributed by atoms with Crippen LogP contribution in [0.4, 0.5) is 0 Å². The van der Waals surface area contributed by atoms with E-state index in [9.17, 15) is 0 Å². The zero-order chi connectivity index (χ0) is 41.0. The number of benzene rings is 7. The number of pyridine rings is 1. The number of rotatable bonds is 7. The first-order chi connectivity index (χ1) is 30.7. The molecular weight excluding hydrogens is 757 g/mol. The molecule has 0 saturated heterocycles. The Labute approximate surface area is 359 Å². The lowest BCUT2D eigenvalue weighted by atomic mass is 9.60. The molecule has 0 fully saturated rings. The molecule has 2 atom stereocenters. The summed E-state index contributed by atoms with van der Waals surface area (Å²) in [5.41, 5.74) is 17.8. The standard InChI is InChI=1S/C56H36N6/c1-4-13-37(14-5-1)53-58-49(36-24-22-35(23-25-36)42-19-12-30-57-34-42)33-50(59-53)40-26-28-45-47(31-40)51-43-20-10-11-21-44(43)52(45)48-32-41(27-29-46(48)51)56-61-54(38-15-6-2-7-16-38)60-55(62-56)39-17-8-3-9-18-39/h1-34,51-52H. The molecule has 0 aliphatic heterocycles. The molecule has 6 nitrogen and oxygen atoms in total. The Bertz CT molecular complexity index is 3220. The molecule has 13 rings (SSSR count). The molecule has 10 aromatic rings. The van der Waals surface area contributed by atoms with Crippen LogP contribution in [0.25, 0.3) is 79.2 Å². The van der Waals surface area contributed by atoms with Crippen LogP contribution in [0.2, 0.25) is 0 Å². The van der Waals surface area contributed by atoms with Gasteiger partial charge in [-0.1, -0.05) is 170 Å². The summed E-state index contributed by atoms with van der Waals surface area (Å²) in [6.45, 7) is 0. The molecule has 3 aliphatic carbocycles. The third-order valence-corrected chi connectivity index (χ3v) is 12.2. The Morgan fingerprint density at radius 3 is 1.19 bits per heavy atom. The molecule has 0 amide bonds. The fourth-order valence-corrected chi connectivity index (χ4v) is 9.28. The lowest BCUT2D eigenvalue weighted by Crippen LogP contribution is -2.27. The van der Waals surface area contributed by atoms with E-state index in [4.69, 9.17) is 24.9 Å². The van der Waals surface area contributed by atoms with Gasteiger partial charge in [0, 0.05) is 57.6 Å². The SMILES string of the molecule is c1ccc(-c2nc(-c3ccc(-c4cccnc4)cc3)cc(-c3ccc4c(c3)C3c5ccccc5C4c4cc(-c5nc(-c6ccccc6)nc(-c6ccccc6)n5)ccc43)n2)cc1. The Morgan fingerprint density at radius 1 is 0.258 bits per heavy atom. The normalized spacial score (nSPS) is 14.5. The molecule has 0 saturated carbocycles. The van der Waals surface area contributed by atoms with Crippen molar-refractivity contribution in [2.75, 3.05) is 0 Å². The second-order valence-electron chi connectivity index (χ2n) is 15.9. The molecule has 0 spiro atoms. The summed E-state index contributed by atoms with van der Waals surface area (Å²) in [5, 5.41) is 0.